The minimum Gasteiger partial charge on any atom is -0.394 e. The summed E-state index contributed by atoms with van der Waals surface area (Å²) in [4.78, 5) is 315. The second kappa shape index (κ2) is 51.1. The molecule has 0 saturated carbocycles. The van der Waals surface area contributed by atoms with Crippen LogP contribution in [0.5, 0.6) is 0 Å². The Labute approximate surface area is 811 Å². The zero-order chi connectivity index (χ0) is 107. The van der Waals surface area contributed by atoms with Gasteiger partial charge in [-0.15, -0.1) is 0 Å². The Bertz CT molecular complexity index is 4700. The monoisotopic (exact) mass is 1960 g/mol. The fourth-order valence-corrected chi connectivity index (χ4v) is 14.8. The number of carbonyl (C=O) groups excluding carboxylic acids is 23. The maximum absolute atomic E-state index is 14.6. The van der Waals surface area contributed by atoms with Gasteiger partial charge in [0.2, 0.25) is 136 Å². The number of nitrogens with two attached hydrogens (primary N) is 3. The highest BCUT2D eigenvalue weighted by Gasteiger charge is 2.49. The first-order chi connectivity index (χ1) is 63.8. The third-order valence-corrected chi connectivity index (χ3v) is 23.2. The van der Waals surface area contributed by atoms with Crippen LogP contribution in [0.15, 0.2) is 30.3 Å². The van der Waals surface area contributed by atoms with Crippen molar-refractivity contribution in [2.75, 3.05) is 26.2 Å². The minimum absolute atomic E-state index is 0.00718. The van der Waals surface area contributed by atoms with Crippen LogP contribution in [0.2, 0.25) is 0 Å². The quantitative estimate of drug-likeness (QED) is 0.0291. The van der Waals surface area contributed by atoms with Crippen LogP contribution in [0.25, 0.3) is 0 Å². The molecule has 0 aromatic heterocycles. The molecular weight excluding hydrogens is 1810 g/mol. The van der Waals surface area contributed by atoms with Crippen LogP contribution in [0.4, 0.5) is 0 Å². The summed E-state index contributed by atoms with van der Waals surface area (Å²) in [7, 11) is 0. The maximum Gasteiger partial charge on any atom is 0.248 e. The molecule has 778 valence electrons. The maximum atomic E-state index is 14.6. The number of amides is 23. The fourth-order valence-electron chi connectivity index (χ4n) is 14.8. The van der Waals surface area contributed by atoms with Gasteiger partial charge in [-0.25, -0.2) is 0 Å². The standard InChI is InChI=1S/C92H151N23O24/c1-47(2)43-58(72(127)109-92(24,25)84(139)114-41-29-33-59(114)73(128)104-65(48(3)4)75(130)112-90(20,21)82(137)113-89(18,19)80(135)103-56(36-39-62(94)119)70(125)102-55(35-38-61(93)118)69(124)99-54(46-116)44-53-31-27-26-28-32-53)100-64(121)45-96-77(132)85(10,11)111-76(131)66(49(5)6)105-81(136)88(16,17)108-71(126)57(37-40-63(95)120)101-67(122)50(7)97-78(133)86(12,13)107-68(123)51(8)98-79(134)87(14,15)110-74(129)60-34-30-42-115(60)83(138)91(22,23)106-52(9)117/h26-28,31-32,47-51,54-60,65-66,116H,29-30,33-46H2,1-25H3,(H2,93,118)(H2,94,119)(H2,95,120)(H,96,132)(H,97,133)(H,98,134)(H,99,124)(H,100,121)(H,101,122)(H,102,125)(H,103,135)(H,104,128)(H,105,136)(H,106,117)(H,107,123)(H,108,126)(H,109,127)(H,110,129)(H,111,131)(H,112,130)(H,113,137)/t50-,51-,54-,55+,56+,57-,58-,59-,60-,65-,66-/m0/s1. The molecule has 1 aromatic carbocycles. The zero-order valence-corrected chi connectivity index (χ0v) is 84.7. The largest absolute Gasteiger partial charge is 0.394 e. The molecule has 1 aromatic rings. The van der Waals surface area contributed by atoms with Gasteiger partial charge in [0, 0.05) is 39.3 Å². The highest BCUT2D eigenvalue weighted by molar-refractivity contribution is 6.05. The van der Waals surface area contributed by atoms with E-state index in [-0.39, 0.29) is 57.5 Å². The van der Waals surface area contributed by atoms with E-state index in [1.807, 2.05) is 0 Å². The van der Waals surface area contributed by atoms with Crippen LogP contribution in [-0.4, -0.2) is 288 Å². The first kappa shape index (κ1) is 120. The predicted octanol–water partition coefficient (Wildman–Crippen LogP) is -4.94. The van der Waals surface area contributed by atoms with Crippen molar-refractivity contribution in [3.8, 4) is 0 Å². The molecule has 2 heterocycles. The fraction of sp³-hybridized carbons (Fsp3) is 0.685. The smallest absolute Gasteiger partial charge is 0.248 e. The van der Waals surface area contributed by atoms with Gasteiger partial charge in [-0.05, 0) is 206 Å². The number of nitrogens with zero attached hydrogens (tertiary/aromatic N) is 2. The van der Waals surface area contributed by atoms with Crippen molar-refractivity contribution in [3.63, 3.8) is 0 Å². The molecule has 3 rings (SSSR count). The topological polar surface area (TPSA) is 714 Å². The summed E-state index contributed by atoms with van der Waals surface area (Å²) < 4.78 is 0. The number of primary amides is 3. The normalized spacial score (nSPS) is 16.2. The number of aliphatic hydroxyl groups excluding tert-OH is 1. The molecule has 0 radical (unpaired) electrons. The molecule has 25 N–H and O–H groups in total. The van der Waals surface area contributed by atoms with Crippen molar-refractivity contribution in [2.45, 2.75) is 361 Å². The molecule has 2 saturated heterocycles. The summed E-state index contributed by atoms with van der Waals surface area (Å²) in [5.41, 5.74) is 3.01. The molecule has 47 nitrogen and oxygen atoms in total. The van der Waals surface area contributed by atoms with Crippen LogP contribution in [0.3, 0.4) is 0 Å². The van der Waals surface area contributed by atoms with E-state index in [2.05, 4.69) is 95.7 Å². The summed E-state index contributed by atoms with van der Waals surface area (Å²) in [6.45, 7) is 34.0. The molecule has 11 atom stereocenters. The Morgan fingerprint density at radius 3 is 1.18 bits per heavy atom. The van der Waals surface area contributed by atoms with E-state index in [0.29, 0.717) is 12.8 Å². The molecule has 139 heavy (non-hydrogen) atoms. The average Bonchev–Trinajstić information content (AvgIpc) is 1.63. The molecule has 0 bridgehead atoms. The minimum atomic E-state index is -1.91. The van der Waals surface area contributed by atoms with Gasteiger partial charge in [0.1, 0.15) is 105 Å². The van der Waals surface area contributed by atoms with E-state index in [0.717, 1.165) is 5.56 Å². The van der Waals surface area contributed by atoms with E-state index in [9.17, 15) is 115 Å². The molecule has 2 aliphatic rings. The van der Waals surface area contributed by atoms with Crippen LogP contribution < -0.4 is 113 Å². The number of benzene rings is 1. The lowest BCUT2D eigenvalue weighted by Crippen LogP contribution is -2.66. The molecule has 0 spiro atoms. The van der Waals surface area contributed by atoms with Gasteiger partial charge in [0.05, 0.1) is 19.2 Å². The third-order valence-electron chi connectivity index (χ3n) is 23.2. The van der Waals surface area contributed by atoms with Crippen molar-refractivity contribution >= 4 is 136 Å². The Morgan fingerprint density at radius 1 is 0.367 bits per heavy atom. The predicted molar refractivity (Wildman–Crippen MR) is 506 cm³/mol. The third kappa shape index (κ3) is 37.3. The van der Waals surface area contributed by atoms with Gasteiger partial charge >= 0.3 is 0 Å². The molecular formula is C92H151N23O24. The SMILES string of the molecule is CC(=O)NC(C)(C)C(=O)N1CCC[C@H]1C(=O)NC(C)(C)C(=O)N[C@@H](C)C(=O)NC(C)(C)C(=O)N[C@@H](C)C(=O)N[C@@H](CCC(N)=O)C(=O)NC(C)(C)C(=O)N[C@H](C(=O)NC(C)(C)C(=O)NCC(=O)N[C@@H](CC(C)C)C(=O)NC(C)(C)C(=O)N1CCC[C@H]1C(=O)N[C@H](C(=O)NC(C)(C)C(=O)NC(C)(C)C(=O)N[C@H](CCC(N)=O)C(=O)N[C@H](CCC(N)=O)C(=O)N[C@H](CO)Cc1ccccc1)C(C)C)C(C)C. The van der Waals surface area contributed by atoms with E-state index in [4.69, 9.17) is 17.2 Å². The van der Waals surface area contributed by atoms with Crippen molar-refractivity contribution in [3.05, 3.63) is 35.9 Å². The Hall–Kier alpha value is -13.0. The molecule has 2 aliphatic heterocycles. The van der Waals surface area contributed by atoms with E-state index in [1.165, 1.54) is 141 Å². The summed E-state index contributed by atoms with van der Waals surface area (Å²) in [5, 5.41) is 56.0. The summed E-state index contributed by atoms with van der Waals surface area (Å²) in [6, 6.07) is -5.62. The lowest BCUT2D eigenvalue weighted by molar-refractivity contribution is -0.146. The highest BCUT2D eigenvalue weighted by Crippen LogP contribution is 2.27. The van der Waals surface area contributed by atoms with Crippen LogP contribution >= 0.6 is 0 Å². The number of carbonyl (C=O) groups is 23. The van der Waals surface area contributed by atoms with Crippen LogP contribution in [-0.2, 0) is 117 Å². The Morgan fingerprint density at radius 2 is 0.727 bits per heavy atom. The summed E-state index contributed by atoms with van der Waals surface area (Å²) in [6.07, 6.45) is -1.04. The van der Waals surface area contributed by atoms with E-state index in [1.54, 1.807) is 71.9 Å². The second-order valence-corrected chi connectivity index (χ2v) is 40.9. The number of nitrogens with one attached hydrogen (secondary N) is 18. The first-order valence-electron chi connectivity index (χ1n) is 46.4. The van der Waals surface area contributed by atoms with Crippen LogP contribution in [0, 0.1) is 17.8 Å². The number of aliphatic hydroxyl groups is 1. The molecule has 0 aliphatic carbocycles. The lowest BCUT2D eigenvalue weighted by atomic mass is 9.96. The van der Waals surface area contributed by atoms with Crippen molar-refractivity contribution in [1.82, 2.24) is 106 Å². The lowest BCUT2D eigenvalue weighted by Gasteiger charge is -2.36. The molecule has 47 heteroatoms. The summed E-state index contributed by atoms with van der Waals surface area (Å²) >= 11 is 0. The number of rotatable bonds is 53. The van der Waals surface area contributed by atoms with Crippen molar-refractivity contribution < 1.29 is 115 Å². The van der Waals surface area contributed by atoms with Gasteiger partial charge in [-0.3, -0.25) is 110 Å². The second-order valence-electron chi connectivity index (χ2n) is 40.9. The number of hydrogen-bond acceptors (Lipinski definition) is 24. The van der Waals surface area contributed by atoms with Crippen molar-refractivity contribution in [1.29, 1.82) is 0 Å². The molecule has 2 fully saturated rings. The zero-order valence-electron chi connectivity index (χ0n) is 84.7. The number of hydrogen-bond donors (Lipinski definition) is 22. The van der Waals surface area contributed by atoms with Crippen LogP contribution in [0.1, 0.15) is 249 Å². The number of likely N-dealkylation sites (tertiary alicyclic amines) is 2. The van der Waals surface area contributed by atoms with Gasteiger partial charge in [0.25, 0.3) is 0 Å². The van der Waals surface area contributed by atoms with Gasteiger partial charge in [0.15, 0.2) is 0 Å². The van der Waals surface area contributed by atoms with E-state index < -0.39 is 297 Å². The van der Waals surface area contributed by atoms with Gasteiger partial charge < -0.3 is 128 Å². The highest BCUT2D eigenvalue weighted by atomic mass is 16.3. The Balaban J connectivity index is 1.65. The molecule has 23 amide bonds. The Kier molecular flexibility index (Phi) is 44.1. The van der Waals surface area contributed by atoms with Gasteiger partial charge in [-0.1, -0.05) is 71.9 Å². The van der Waals surface area contributed by atoms with Crippen molar-refractivity contribution in [2.24, 2.45) is 35.0 Å². The average molecular weight is 1960 g/mol. The van der Waals surface area contributed by atoms with E-state index >= 15 is 0 Å². The first-order valence-corrected chi connectivity index (χ1v) is 46.4. The molecule has 0 unspecified atom stereocenters. The van der Waals surface area contributed by atoms with Gasteiger partial charge in [-0.2, -0.15) is 0 Å². The summed E-state index contributed by atoms with van der Waals surface area (Å²) in [5.74, 6) is -21.0.